The summed E-state index contributed by atoms with van der Waals surface area (Å²) >= 11 is 3.92. The minimum atomic E-state index is 1.06. The summed E-state index contributed by atoms with van der Waals surface area (Å²) in [6.45, 7) is 0. The van der Waals surface area contributed by atoms with E-state index in [4.69, 9.17) is 0 Å². The van der Waals surface area contributed by atoms with Crippen LogP contribution in [0.25, 0.3) is 77.9 Å². The zero-order valence-electron chi connectivity index (χ0n) is 34.1. The summed E-state index contributed by atoms with van der Waals surface area (Å²) in [6.07, 6.45) is 0. The molecule has 0 saturated heterocycles. The number of hydrogen-bond donors (Lipinski definition) is 0. The first-order valence-electron chi connectivity index (χ1n) is 21.0. The Bertz CT molecular complexity index is 3110. The Morgan fingerprint density at radius 2 is 0.661 bits per heavy atom. The van der Waals surface area contributed by atoms with Crippen molar-refractivity contribution in [2.45, 2.75) is 0 Å². The molecule has 0 atom stereocenters. The third-order valence-electron chi connectivity index (χ3n) is 11.6. The van der Waals surface area contributed by atoms with Crippen LogP contribution in [0.15, 0.2) is 259 Å². The molecule has 10 rings (SSSR count). The molecule has 294 valence electrons. The van der Waals surface area contributed by atoms with Crippen LogP contribution in [0.5, 0.6) is 0 Å². The molecule has 10 aromatic carbocycles. The van der Waals surface area contributed by atoms with Gasteiger partial charge in [-0.15, -0.1) is 0 Å². The predicted molar refractivity (Wildman–Crippen MR) is 267 cm³/mol. The van der Waals surface area contributed by atoms with E-state index < -0.39 is 0 Å². The molecular weight excluding hydrogens is 815 g/mol. The van der Waals surface area contributed by atoms with E-state index in [0.717, 1.165) is 54.9 Å². The molecule has 0 spiro atoms. The lowest BCUT2D eigenvalue weighted by Crippen LogP contribution is -2.11. The second kappa shape index (κ2) is 17.6. The Morgan fingerprint density at radius 3 is 1.26 bits per heavy atom. The average molecular weight is 857 g/mol. The summed E-state index contributed by atoms with van der Waals surface area (Å²) in [4.78, 5) is 2.40. The van der Waals surface area contributed by atoms with E-state index in [1.807, 2.05) is 0 Å². The van der Waals surface area contributed by atoms with Crippen molar-refractivity contribution in [3.63, 3.8) is 0 Å². The van der Waals surface area contributed by atoms with Crippen LogP contribution in [-0.4, -0.2) is 0 Å². The minimum absolute atomic E-state index is 1.06. The zero-order valence-corrected chi connectivity index (χ0v) is 35.7. The highest BCUT2D eigenvalue weighted by molar-refractivity contribution is 9.10. The molecule has 0 fully saturated rings. The summed E-state index contributed by atoms with van der Waals surface area (Å²) in [5.41, 5.74) is 19.6. The summed E-state index contributed by atoms with van der Waals surface area (Å²) in [6, 6.07) is 91.8. The van der Waals surface area contributed by atoms with Crippen LogP contribution in [0, 0.1) is 0 Å². The number of anilines is 3. The topological polar surface area (TPSA) is 3.24 Å². The molecule has 0 unspecified atom stereocenters. The highest BCUT2D eigenvalue weighted by Gasteiger charge is 2.21. The number of rotatable bonds is 10. The Morgan fingerprint density at radius 1 is 0.226 bits per heavy atom. The van der Waals surface area contributed by atoms with Gasteiger partial charge in [0, 0.05) is 21.4 Å². The Hall–Kier alpha value is -7.52. The van der Waals surface area contributed by atoms with E-state index in [1.54, 1.807) is 0 Å². The van der Waals surface area contributed by atoms with Crippen molar-refractivity contribution in [2.75, 3.05) is 4.90 Å². The summed E-state index contributed by atoms with van der Waals surface area (Å²) in [7, 11) is 0. The van der Waals surface area contributed by atoms with E-state index in [2.05, 4.69) is 276 Å². The van der Waals surface area contributed by atoms with Gasteiger partial charge in [-0.2, -0.15) is 0 Å². The molecular formula is C60H42BrN. The number of para-hydroxylation sites is 1. The fourth-order valence-electron chi connectivity index (χ4n) is 8.52. The largest absolute Gasteiger partial charge is 0.310 e. The molecule has 0 bridgehead atoms. The monoisotopic (exact) mass is 855 g/mol. The number of hydrogen-bond acceptors (Lipinski definition) is 1. The summed E-state index contributed by atoms with van der Waals surface area (Å²) in [5, 5.41) is 0. The van der Waals surface area contributed by atoms with Crippen molar-refractivity contribution in [1.82, 2.24) is 0 Å². The number of halogens is 1. The third kappa shape index (κ3) is 7.92. The lowest BCUT2D eigenvalue weighted by molar-refractivity contribution is 1.28. The first kappa shape index (κ1) is 38.7. The number of nitrogens with zero attached hydrogens (tertiary/aromatic N) is 1. The van der Waals surface area contributed by atoms with Gasteiger partial charge in [-0.3, -0.25) is 0 Å². The van der Waals surface area contributed by atoms with E-state index in [0.29, 0.717) is 0 Å². The first-order valence-corrected chi connectivity index (χ1v) is 21.8. The SMILES string of the molecule is Brc1ccccc1-c1ccc(-c2ccccc2)cc1-c1cc(-c2ccccc2)ccc1-c1cccc(N(c2ccc(-c3ccccc3)cc2)c2ccccc2-c2ccccc2)c1. The van der Waals surface area contributed by atoms with Gasteiger partial charge >= 0.3 is 0 Å². The average Bonchev–Trinajstić information content (AvgIpc) is 3.35. The highest BCUT2D eigenvalue weighted by Crippen LogP contribution is 2.46. The summed E-state index contributed by atoms with van der Waals surface area (Å²) in [5.74, 6) is 0. The Kier molecular flexibility index (Phi) is 11.0. The standard InChI is InChI=1S/C60H42BrN/c61-59-30-15-13-29-56(59)55-39-35-49(45-22-9-3-10-23-45)42-58(55)57-41-48(44-20-7-2-8-21-44)34-38-53(57)50-26-17-27-52(40-50)62(51-36-32-46(33-37-51)43-18-5-1-6-19-43)60-31-16-14-28-54(60)47-24-11-4-12-25-47/h1-42H. The van der Waals surface area contributed by atoms with Crippen LogP contribution < -0.4 is 4.90 Å². The maximum atomic E-state index is 3.92. The quantitative estimate of drug-likeness (QED) is 0.132. The van der Waals surface area contributed by atoms with Crippen LogP contribution in [0.3, 0.4) is 0 Å². The van der Waals surface area contributed by atoms with Crippen LogP contribution in [0.1, 0.15) is 0 Å². The molecule has 0 N–H and O–H groups in total. The van der Waals surface area contributed by atoms with Crippen molar-refractivity contribution in [3.8, 4) is 77.9 Å². The molecule has 0 heterocycles. The van der Waals surface area contributed by atoms with Crippen LogP contribution in [0.2, 0.25) is 0 Å². The predicted octanol–water partition coefficient (Wildman–Crippen LogP) is 17.6. The normalized spacial score (nSPS) is 11.0. The maximum absolute atomic E-state index is 3.92. The Labute approximate surface area is 373 Å². The van der Waals surface area contributed by atoms with Gasteiger partial charge in [0.2, 0.25) is 0 Å². The van der Waals surface area contributed by atoms with Crippen molar-refractivity contribution < 1.29 is 0 Å². The second-order valence-corrected chi connectivity index (χ2v) is 16.3. The van der Waals surface area contributed by atoms with E-state index >= 15 is 0 Å². The van der Waals surface area contributed by atoms with Crippen molar-refractivity contribution in [1.29, 1.82) is 0 Å². The van der Waals surface area contributed by atoms with Gasteiger partial charge in [-0.1, -0.05) is 222 Å². The fraction of sp³-hybridized carbons (Fsp3) is 0. The molecule has 0 amide bonds. The van der Waals surface area contributed by atoms with Crippen molar-refractivity contribution >= 4 is 33.0 Å². The molecule has 0 aliphatic heterocycles. The van der Waals surface area contributed by atoms with Gasteiger partial charge in [-0.25, -0.2) is 0 Å². The smallest absolute Gasteiger partial charge is 0.0540 e. The van der Waals surface area contributed by atoms with Crippen molar-refractivity contribution in [3.05, 3.63) is 259 Å². The molecule has 0 aliphatic rings. The van der Waals surface area contributed by atoms with Crippen LogP contribution in [0.4, 0.5) is 17.1 Å². The van der Waals surface area contributed by atoms with E-state index in [9.17, 15) is 0 Å². The number of benzene rings is 10. The van der Waals surface area contributed by atoms with Gasteiger partial charge in [-0.05, 0) is 121 Å². The molecule has 2 heteroatoms. The summed E-state index contributed by atoms with van der Waals surface area (Å²) < 4.78 is 1.06. The molecule has 10 aromatic rings. The van der Waals surface area contributed by atoms with Gasteiger partial charge in [0.15, 0.2) is 0 Å². The van der Waals surface area contributed by atoms with Crippen LogP contribution >= 0.6 is 15.9 Å². The van der Waals surface area contributed by atoms with E-state index in [-0.39, 0.29) is 0 Å². The highest BCUT2D eigenvalue weighted by atomic mass is 79.9. The molecule has 0 aromatic heterocycles. The van der Waals surface area contributed by atoms with Gasteiger partial charge in [0.25, 0.3) is 0 Å². The Balaban J connectivity index is 1.19. The van der Waals surface area contributed by atoms with Crippen LogP contribution in [-0.2, 0) is 0 Å². The zero-order chi connectivity index (χ0) is 41.7. The molecule has 0 aliphatic carbocycles. The third-order valence-corrected chi connectivity index (χ3v) is 12.3. The lowest BCUT2D eigenvalue weighted by Gasteiger charge is -2.28. The van der Waals surface area contributed by atoms with Gasteiger partial charge in [0.05, 0.1) is 5.69 Å². The molecule has 0 saturated carbocycles. The molecule has 62 heavy (non-hydrogen) atoms. The minimum Gasteiger partial charge on any atom is -0.310 e. The molecule has 0 radical (unpaired) electrons. The van der Waals surface area contributed by atoms with E-state index in [1.165, 1.54) is 44.5 Å². The maximum Gasteiger partial charge on any atom is 0.0540 e. The molecule has 1 nitrogen and oxygen atoms in total. The first-order chi connectivity index (χ1) is 30.7. The second-order valence-electron chi connectivity index (χ2n) is 15.4. The fourth-order valence-corrected chi connectivity index (χ4v) is 9.02. The van der Waals surface area contributed by atoms with Crippen molar-refractivity contribution in [2.24, 2.45) is 0 Å². The van der Waals surface area contributed by atoms with Gasteiger partial charge < -0.3 is 4.90 Å². The van der Waals surface area contributed by atoms with Gasteiger partial charge in [0.1, 0.15) is 0 Å². The lowest BCUT2D eigenvalue weighted by atomic mass is 9.85.